The number of hydrogen-bond acceptors (Lipinski definition) is 7. The molecule has 9 heteroatoms. The first kappa shape index (κ1) is 22.7. The molecule has 4 rings (SSSR count). The third-order valence-corrected chi connectivity index (χ3v) is 7.76. The van der Waals surface area contributed by atoms with Crippen LogP contribution in [0.15, 0.2) is 35.2 Å². The van der Waals surface area contributed by atoms with Gasteiger partial charge in [0.2, 0.25) is 5.91 Å². The van der Waals surface area contributed by atoms with E-state index in [0.717, 1.165) is 41.7 Å². The van der Waals surface area contributed by atoms with Gasteiger partial charge in [0.25, 0.3) is 5.91 Å². The Morgan fingerprint density at radius 1 is 1.22 bits per heavy atom. The molecule has 0 spiro atoms. The van der Waals surface area contributed by atoms with Crippen LogP contribution < -0.4 is 5.32 Å². The second kappa shape index (κ2) is 9.97. The van der Waals surface area contributed by atoms with Crippen LogP contribution in [0.1, 0.15) is 46.1 Å². The molecule has 0 unspecified atom stereocenters. The Morgan fingerprint density at radius 2 is 1.97 bits per heavy atom. The summed E-state index contributed by atoms with van der Waals surface area (Å²) in [4.78, 5) is 41.1. The molecule has 166 valence electrons. The largest absolute Gasteiger partial charge is 0.462 e. The maximum absolute atomic E-state index is 12.8. The molecule has 2 aromatic rings. The number of thiocarbonyl (C=S) groups is 1. The molecule has 2 amide bonds. The summed E-state index contributed by atoms with van der Waals surface area (Å²) < 4.78 is 5.57. The van der Waals surface area contributed by atoms with Crippen molar-refractivity contribution in [3.63, 3.8) is 0 Å². The van der Waals surface area contributed by atoms with Gasteiger partial charge in [-0.05, 0) is 49.8 Å². The molecule has 1 aromatic heterocycles. The van der Waals surface area contributed by atoms with Gasteiger partial charge in [0, 0.05) is 4.88 Å². The van der Waals surface area contributed by atoms with E-state index < -0.39 is 11.9 Å². The number of fused-ring (bicyclic) bond motifs is 1. The first-order chi connectivity index (χ1) is 15.5. The zero-order valence-electron chi connectivity index (χ0n) is 17.5. The Labute approximate surface area is 200 Å². The number of nitrogens with zero attached hydrogens (tertiary/aromatic N) is 1. The number of amides is 2. The SMILES string of the molecule is CCOC(=O)c1c(NC(=O)CN2C(=O)/C(=C/c3ccccc3)SC2=S)sc2c1CCCC2. The normalized spacial score (nSPS) is 16.9. The van der Waals surface area contributed by atoms with Crippen molar-refractivity contribution in [2.75, 3.05) is 18.5 Å². The Kier molecular flexibility index (Phi) is 7.07. The molecule has 1 aliphatic carbocycles. The lowest BCUT2D eigenvalue weighted by atomic mass is 9.95. The molecule has 1 fully saturated rings. The summed E-state index contributed by atoms with van der Waals surface area (Å²) in [6.07, 6.45) is 5.53. The molecule has 1 aliphatic heterocycles. The van der Waals surface area contributed by atoms with Gasteiger partial charge in [-0.15, -0.1) is 11.3 Å². The summed E-state index contributed by atoms with van der Waals surface area (Å²) >= 11 is 7.94. The number of benzene rings is 1. The Bertz CT molecular complexity index is 1110. The first-order valence-corrected chi connectivity index (χ1v) is 12.4. The van der Waals surface area contributed by atoms with Crippen molar-refractivity contribution in [2.45, 2.75) is 32.6 Å². The predicted octanol–water partition coefficient (Wildman–Crippen LogP) is 4.64. The van der Waals surface area contributed by atoms with E-state index in [1.807, 2.05) is 30.3 Å². The highest BCUT2D eigenvalue weighted by molar-refractivity contribution is 8.26. The summed E-state index contributed by atoms with van der Waals surface area (Å²) in [5.74, 6) is -1.11. The molecule has 0 bridgehead atoms. The zero-order chi connectivity index (χ0) is 22.7. The molecule has 1 N–H and O–H groups in total. The number of ether oxygens (including phenoxy) is 1. The van der Waals surface area contributed by atoms with Gasteiger partial charge in [-0.2, -0.15) is 0 Å². The van der Waals surface area contributed by atoms with Gasteiger partial charge in [0.15, 0.2) is 0 Å². The number of carbonyl (C=O) groups excluding carboxylic acids is 3. The van der Waals surface area contributed by atoms with Crippen LogP contribution in [-0.4, -0.2) is 40.2 Å². The summed E-state index contributed by atoms with van der Waals surface area (Å²) in [7, 11) is 0. The van der Waals surface area contributed by atoms with Crippen molar-refractivity contribution in [3.05, 3.63) is 56.8 Å². The average molecular weight is 487 g/mol. The van der Waals surface area contributed by atoms with Crippen molar-refractivity contribution >= 4 is 68.5 Å². The van der Waals surface area contributed by atoms with Gasteiger partial charge in [0.1, 0.15) is 15.9 Å². The monoisotopic (exact) mass is 486 g/mol. The molecule has 2 heterocycles. The molecule has 0 saturated carbocycles. The van der Waals surface area contributed by atoms with E-state index in [-0.39, 0.29) is 19.1 Å². The Morgan fingerprint density at radius 3 is 2.72 bits per heavy atom. The van der Waals surface area contributed by atoms with Gasteiger partial charge in [-0.1, -0.05) is 54.3 Å². The number of thioether (sulfide) groups is 1. The molecule has 0 radical (unpaired) electrons. The Balaban J connectivity index is 1.50. The van der Waals surface area contributed by atoms with E-state index in [4.69, 9.17) is 17.0 Å². The Hall–Kier alpha value is -2.49. The van der Waals surface area contributed by atoms with Gasteiger partial charge in [0.05, 0.1) is 17.1 Å². The molecule has 1 aromatic carbocycles. The minimum absolute atomic E-state index is 0.207. The topological polar surface area (TPSA) is 75.7 Å². The second-order valence-corrected chi connectivity index (χ2v) is 10.1. The highest BCUT2D eigenvalue weighted by Gasteiger charge is 2.34. The summed E-state index contributed by atoms with van der Waals surface area (Å²) in [6.45, 7) is 1.82. The van der Waals surface area contributed by atoms with Crippen LogP contribution in [0.2, 0.25) is 0 Å². The van der Waals surface area contributed by atoms with Crippen LogP contribution in [0.3, 0.4) is 0 Å². The van der Waals surface area contributed by atoms with E-state index in [1.54, 1.807) is 13.0 Å². The van der Waals surface area contributed by atoms with Crippen LogP contribution in [0.4, 0.5) is 5.00 Å². The minimum atomic E-state index is -0.418. The van der Waals surface area contributed by atoms with Crippen molar-refractivity contribution in [3.8, 4) is 0 Å². The van der Waals surface area contributed by atoms with Crippen LogP contribution in [-0.2, 0) is 27.2 Å². The van der Waals surface area contributed by atoms with E-state index in [2.05, 4.69) is 5.32 Å². The molecule has 0 atom stereocenters. The lowest BCUT2D eigenvalue weighted by molar-refractivity contribution is -0.126. The lowest BCUT2D eigenvalue weighted by Gasteiger charge is -2.14. The number of rotatable bonds is 6. The van der Waals surface area contributed by atoms with Crippen LogP contribution in [0.5, 0.6) is 0 Å². The third-order valence-electron chi connectivity index (χ3n) is 5.18. The van der Waals surface area contributed by atoms with Crippen molar-refractivity contribution in [1.29, 1.82) is 0 Å². The summed E-state index contributed by atoms with van der Waals surface area (Å²) in [5.41, 5.74) is 2.32. The zero-order valence-corrected chi connectivity index (χ0v) is 20.0. The van der Waals surface area contributed by atoms with Gasteiger partial charge < -0.3 is 10.1 Å². The van der Waals surface area contributed by atoms with Gasteiger partial charge >= 0.3 is 5.97 Å². The van der Waals surface area contributed by atoms with Crippen molar-refractivity contribution in [2.24, 2.45) is 0 Å². The molecule has 32 heavy (non-hydrogen) atoms. The van der Waals surface area contributed by atoms with Crippen LogP contribution in [0.25, 0.3) is 6.08 Å². The van der Waals surface area contributed by atoms with Crippen LogP contribution >= 0.6 is 35.3 Å². The third kappa shape index (κ3) is 4.79. The summed E-state index contributed by atoms with van der Waals surface area (Å²) in [5, 5.41) is 3.33. The minimum Gasteiger partial charge on any atom is -0.462 e. The van der Waals surface area contributed by atoms with Crippen molar-refractivity contribution in [1.82, 2.24) is 4.90 Å². The fourth-order valence-electron chi connectivity index (χ4n) is 3.72. The van der Waals surface area contributed by atoms with E-state index in [9.17, 15) is 14.4 Å². The number of nitrogens with one attached hydrogen (secondary N) is 1. The predicted molar refractivity (Wildman–Crippen MR) is 132 cm³/mol. The van der Waals surface area contributed by atoms with Gasteiger partial charge in [-0.25, -0.2) is 4.79 Å². The highest BCUT2D eigenvalue weighted by Crippen LogP contribution is 2.39. The molecule has 2 aliphatic rings. The van der Waals surface area contributed by atoms with Gasteiger partial charge in [-0.3, -0.25) is 14.5 Å². The number of aryl methyl sites for hydroxylation is 1. The average Bonchev–Trinajstić information content (AvgIpc) is 3.26. The standard InChI is InChI=1S/C23H22N2O4S3/c1-2-29-22(28)19-15-10-6-7-11-16(15)31-20(19)24-18(26)13-25-21(27)17(32-23(25)30)12-14-8-4-3-5-9-14/h3-5,8-9,12H,2,6-7,10-11,13H2,1H3,(H,24,26)/b17-12-. The maximum atomic E-state index is 12.8. The molecule has 6 nitrogen and oxygen atoms in total. The van der Waals surface area contributed by atoms with E-state index in [1.165, 1.54) is 28.0 Å². The maximum Gasteiger partial charge on any atom is 0.341 e. The molecule has 1 saturated heterocycles. The fraction of sp³-hybridized carbons (Fsp3) is 0.304. The molecular formula is C23H22N2O4S3. The number of thiophene rings is 1. The number of hydrogen-bond donors (Lipinski definition) is 1. The highest BCUT2D eigenvalue weighted by atomic mass is 32.2. The van der Waals surface area contributed by atoms with Crippen LogP contribution in [0, 0.1) is 0 Å². The lowest BCUT2D eigenvalue weighted by Crippen LogP contribution is -2.36. The van der Waals surface area contributed by atoms with Crippen molar-refractivity contribution < 1.29 is 19.1 Å². The molecular weight excluding hydrogens is 464 g/mol. The smallest absolute Gasteiger partial charge is 0.341 e. The fourth-order valence-corrected chi connectivity index (χ4v) is 6.27. The first-order valence-electron chi connectivity index (χ1n) is 10.4. The van der Waals surface area contributed by atoms with E-state index in [0.29, 0.717) is 19.8 Å². The summed E-state index contributed by atoms with van der Waals surface area (Å²) in [6, 6.07) is 9.48. The second-order valence-electron chi connectivity index (χ2n) is 7.36. The number of esters is 1. The number of carbonyl (C=O) groups is 3. The quantitative estimate of drug-likeness (QED) is 0.364. The van der Waals surface area contributed by atoms with E-state index >= 15 is 0 Å². The number of anilines is 1.